The molecule has 0 radical (unpaired) electrons. The highest BCUT2D eigenvalue weighted by atomic mass is 19.1. The van der Waals surface area contributed by atoms with Gasteiger partial charge in [0.1, 0.15) is 0 Å². The van der Waals surface area contributed by atoms with Crippen LogP contribution in [0.3, 0.4) is 0 Å². The first-order valence-electron chi connectivity index (χ1n) is 4.99. The van der Waals surface area contributed by atoms with Crippen molar-refractivity contribution in [2.24, 2.45) is 0 Å². The third-order valence-corrected chi connectivity index (χ3v) is 1.97. The molecule has 17 heavy (non-hydrogen) atoms. The van der Waals surface area contributed by atoms with Gasteiger partial charge in [0, 0.05) is 6.07 Å². The van der Waals surface area contributed by atoms with Gasteiger partial charge in [-0.1, -0.05) is 6.92 Å². The minimum Gasteiger partial charge on any atom is -0.322 e. The fourth-order valence-electron chi connectivity index (χ4n) is 1.15. The predicted molar refractivity (Wildman–Crippen MR) is 60.2 cm³/mol. The van der Waals surface area contributed by atoms with Crippen LogP contribution < -0.4 is 10.6 Å². The number of hydrogen-bond acceptors (Lipinski definition) is 4. The number of anilines is 1. The van der Waals surface area contributed by atoms with Gasteiger partial charge < -0.3 is 10.6 Å². The van der Waals surface area contributed by atoms with Gasteiger partial charge in [0.2, 0.25) is 5.91 Å². The van der Waals surface area contributed by atoms with Gasteiger partial charge >= 0.3 is 0 Å². The van der Waals surface area contributed by atoms with Crippen LogP contribution in [-0.2, 0) is 4.79 Å². The van der Waals surface area contributed by atoms with Crippen molar-refractivity contribution in [3.8, 4) is 0 Å². The minimum absolute atomic E-state index is 0.0624. The topological polar surface area (TPSA) is 84.3 Å². The molecule has 7 heteroatoms. The third kappa shape index (κ3) is 3.80. The first-order valence-corrected chi connectivity index (χ1v) is 4.99. The Bertz CT molecular complexity index is 437. The Hall–Kier alpha value is -2.02. The molecule has 0 unspecified atom stereocenters. The predicted octanol–water partition coefficient (Wildman–Crippen LogP) is 1.28. The molecule has 0 fully saturated rings. The van der Waals surface area contributed by atoms with E-state index in [9.17, 15) is 19.3 Å². The maximum absolute atomic E-state index is 13.4. The molecular formula is C10H12FN3O3. The van der Waals surface area contributed by atoms with Crippen LogP contribution in [0.15, 0.2) is 18.2 Å². The molecule has 1 rings (SSSR count). The molecule has 0 saturated heterocycles. The van der Waals surface area contributed by atoms with Gasteiger partial charge in [0.15, 0.2) is 5.82 Å². The molecule has 0 bridgehead atoms. The van der Waals surface area contributed by atoms with Crippen LogP contribution in [0.1, 0.15) is 6.92 Å². The molecule has 0 aromatic heterocycles. The summed E-state index contributed by atoms with van der Waals surface area (Å²) in [5, 5.41) is 15.5. The van der Waals surface area contributed by atoms with Gasteiger partial charge in [-0.05, 0) is 12.6 Å². The smallest absolute Gasteiger partial charge is 0.272 e. The monoisotopic (exact) mass is 241 g/mol. The lowest BCUT2D eigenvalue weighted by Gasteiger charge is -2.06. The molecule has 92 valence electrons. The van der Waals surface area contributed by atoms with Gasteiger partial charge in [-0.15, -0.1) is 0 Å². The summed E-state index contributed by atoms with van der Waals surface area (Å²) in [6, 6.07) is 3.06. The summed E-state index contributed by atoms with van der Waals surface area (Å²) in [6.07, 6.45) is 0. The van der Waals surface area contributed by atoms with E-state index in [4.69, 9.17) is 0 Å². The van der Waals surface area contributed by atoms with Crippen LogP contribution in [0.2, 0.25) is 0 Å². The Morgan fingerprint density at radius 1 is 1.53 bits per heavy atom. The van der Waals surface area contributed by atoms with E-state index in [-0.39, 0.29) is 17.9 Å². The van der Waals surface area contributed by atoms with Gasteiger partial charge in [-0.2, -0.15) is 0 Å². The number of halogens is 1. The molecule has 0 atom stereocenters. The number of rotatable bonds is 5. The average Bonchev–Trinajstić information content (AvgIpc) is 2.28. The first kappa shape index (κ1) is 13.0. The number of benzene rings is 1. The number of amides is 1. The van der Waals surface area contributed by atoms with Crippen LogP contribution in [0, 0.1) is 15.9 Å². The molecule has 6 nitrogen and oxygen atoms in total. The van der Waals surface area contributed by atoms with Gasteiger partial charge in [0.05, 0.1) is 23.2 Å². The van der Waals surface area contributed by atoms with E-state index in [1.165, 1.54) is 0 Å². The first-order chi connectivity index (χ1) is 8.04. The Morgan fingerprint density at radius 3 is 2.76 bits per heavy atom. The van der Waals surface area contributed by atoms with E-state index >= 15 is 0 Å². The molecule has 0 aliphatic rings. The fourth-order valence-corrected chi connectivity index (χ4v) is 1.15. The lowest BCUT2D eigenvalue weighted by molar-refractivity contribution is -0.385. The molecule has 0 spiro atoms. The molecule has 0 heterocycles. The number of nitrogens with zero attached hydrogens (tertiary/aromatic N) is 1. The Kier molecular flexibility index (Phi) is 4.53. The lowest BCUT2D eigenvalue weighted by atomic mass is 10.2. The minimum atomic E-state index is -0.830. The number of likely N-dealkylation sites (N-methyl/N-ethyl adjacent to an activating group) is 1. The zero-order chi connectivity index (χ0) is 12.8. The van der Waals surface area contributed by atoms with Crippen LogP contribution in [0.4, 0.5) is 15.8 Å². The van der Waals surface area contributed by atoms with Crippen molar-refractivity contribution < 1.29 is 14.1 Å². The number of carbonyl (C=O) groups excluding carboxylic acids is 1. The summed E-state index contributed by atoms with van der Waals surface area (Å²) in [7, 11) is 0. The molecule has 1 amide bonds. The van der Waals surface area contributed by atoms with Crippen molar-refractivity contribution in [2.45, 2.75) is 6.92 Å². The molecule has 1 aromatic carbocycles. The quantitative estimate of drug-likeness (QED) is 0.600. The van der Waals surface area contributed by atoms with Crippen LogP contribution in [-0.4, -0.2) is 23.9 Å². The van der Waals surface area contributed by atoms with Crippen molar-refractivity contribution in [3.63, 3.8) is 0 Å². The number of carbonyl (C=O) groups is 1. The highest BCUT2D eigenvalue weighted by Crippen LogP contribution is 2.20. The summed E-state index contributed by atoms with van der Waals surface area (Å²) in [5.74, 6) is -1.23. The van der Waals surface area contributed by atoms with E-state index in [0.717, 1.165) is 18.2 Å². The highest BCUT2D eigenvalue weighted by molar-refractivity contribution is 5.92. The van der Waals surface area contributed by atoms with Crippen molar-refractivity contribution in [2.75, 3.05) is 18.4 Å². The summed E-state index contributed by atoms with van der Waals surface area (Å²) < 4.78 is 13.4. The largest absolute Gasteiger partial charge is 0.322 e. The molecule has 0 saturated carbocycles. The number of nitrogens with one attached hydrogen (secondary N) is 2. The summed E-state index contributed by atoms with van der Waals surface area (Å²) >= 11 is 0. The Morgan fingerprint density at radius 2 is 2.24 bits per heavy atom. The maximum atomic E-state index is 13.4. The SMILES string of the molecule is CCNCC(=O)Nc1ccc([N+](=O)[O-])cc1F. The van der Waals surface area contributed by atoms with E-state index in [1.807, 2.05) is 6.92 Å². The number of non-ortho nitro benzene ring substituents is 1. The normalized spacial score (nSPS) is 10.0. The van der Waals surface area contributed by atoms with E-state index < -0.39 is 16.6 Å². The molecule has 1 aromatic rings. The summed E-state index contributed by atoms with van der Waals surface area (Å²) in [6.45, 7) is 2.52. The Balaban J connectivity index is 2.72. The summed E-state index contributed by atoms with van der Waals surface area (Å²) in [5.41, 5.74) is -0.425. The second-order valence-corrected chi connectivity index (χ2v) is 3.25. The number of nitro groups is 1. The maximum Gasteiger partial charge on any atom is 0.272 e. The van der Waals surface area contributed by atoms with Crippen LogP contribution in [0.5, 0.6) is 0 Å². The standard InChI is InChI=1S/C10H12FN3O3/c1-2-12-6-10(15)13-9-4-3-7(14(16)17)5-8(9)11/h3-5,12H,2,6H2,1H3,(H,13,15). The highest BCUT2D eigenvalue weighted by Gasteiger charge is 2.12. The third-order valence-electron chi connectivity index (χ3n) is 1.97. The van der Waals surface area contributed by atoms with Crippen molar-refractivity contribution >= 4 is 17.3 Å². The van der Waals surface area contributed by atoms with E-state index in [0.29, 0.717) is 6.54 Å². The lowest BCUT2D eigenvalue weighted by Crippen LogP contribution is -2.28. The molecule has 0 aliphatic heterocycles. The van der Waals surface area contributed by atoms with Gasteiger partial charge in [-0.25, -0.2) is 4.39 Å². The van der Waals surface area contributed by atoms with Crippen LogP contribution in [0.25, 0.3) is 0 Å². The fraction of sp³-hybridized carbons (Fsp3) is 0.300. The van der Waals surface area contributed by atoms with E-state index in [2.05, 4.69) is 10.6 Å². The van der Waals surface area contributed by atoms with E-state index in [1.54, 1.807) is 0 Å². The second kappa shape index (κ2) is 5.90. The van der Waals surface area contributed by atoms with Gasteiger partial charge in [0.25, 0.3) is 5.69 Å². The average molecular weight is 241 g/mol. The van der Waals surface area contributed by atoms with Crippen LogP contribution >= 0.6 is 0 Å². The number of nitro benzene ring substituents is 1. The zero-order valence-electron chi connectivity index (χ0n) is 9.20. The van der Waals surface area contributed by atoms with Gasteiger partial charge in [-0.3, -0.25) is 14.9 Å². The molecular weight excluding hydrogens is 229 g/mol. The number of hydrogen-bond donors (Lipinski definition) is 2. The van der Waals surface area contributed by atoms with Crippen molar-refractivity contribution in [3.05, 3.63) is 34.1 Å². The zero-order valence-corrected chi connectivity index (χ0v) is 9.20. The Labute approximate surface area is 97.0 Å². The van der Waals surface area contributed by atoms with Crippen molar-refractivity contribution in [1.29, 1.82) is 0 Å². The molecule has 0 aliphatic carbocycles. The molecule has 2 N–H and O–H groups in total. The second-order valence-electron chi connectivity index (χ2n) is 3.25. The summed E-state index contributed by atoms with van der Waals surface area (Å²) in [4.78, 5) is 20.9. The van der Waals surface area contributed by atoms with Crippen molar-refractivity contribution in [1.82, 2.24) is 5.32 Å².